The van der Waals surface area contributed by atoms with Crippen LogP contribution in [0.3, 0.4) is 0 Å². The molecule has 0 amide bonds. The number of Topliss-reactive ketones (excluding diaryl/α,β-unsaturated/α-hetero) is 1. The molecule has 1 aromatic heterocycles. The number of carbonyl (C=O) groups is 1. The quantitative estimate of drug-likeness (QED) is 0.261. The molecule has 0 aliphatic rings. The number of thioether (sulfide) groups is 1. The number of nitrogens with zero attached hydrogens (tertiary/aromatic N) is 5. The number of carbonyl (C=O) groups excluding carboxylic acids is 1. The highest BCUT2D eigenvalue weighted by Gasteiger charge is 2.14. The average molecular weight is 420 g/mol. The van der Waals surface area contributed by atoms with Crippen molar-refractivity contribution in [1.82, 2.24) is 20.2 Å². The SMILES string of the molecule is O=C(CSc1nnnn1-c1ccc(Br)cc1)c1ccc([N+](=O)[O-])cc1. The predicted molar refractivity (Wildman–Crippen MR) is 95.0 cm³/mol. The number of rotatable bonds is 6. The Kier molecular flexibility index (Phi) is 5.19. The highest BCUT2D eigenvalue weighted by molar-refractivity contribution is 9.10. The summed E-state index contributed by atoms with van der Waals surface area (Å²) in [4.78, 5) is 22.4. The van der Waals surface area contributed by atoms with E-state index in [1.807, 2.05) is 24.3 Å². The Morgan fingerprint density at radius 3 is 2.48 bits per heavy atom. The van der Waals surface area contributed by atoms with Crippen LogP contribution in [-0.2, 0) is 0 Å². The van der Waals surface area contributed by atoms with E-state index in [-0.39, 0.29) is 17.2 Å². The molecule has 2 aromatic carbocycles. The molecule has 0 saturated carbocycles. The van der Waals surface area contributed by atoms with Gasteiger partial charge in [-0.3, -0.25) is 14.9 Å². The number of tetrazole rings is 1. The molecule has 0 fully saturated rings. The van der Waals surface area contributed by atoms with Gasteiger partial charge in [0.2, 0.25) is 5.16 Å². The van der Waals surface area contributed by atoms with Crippen molar-refractivity contribution in [3.63, 3.8) is 0 Å². The van der Waals surface area contributed by atoms with Crippen LogP contribution in [0.4, 0.5) is 5.69 Å². The smallest absolute Gasteiger partial charge is 0.269 e. The Morgan fingerprint density at radius 1 is 1.16 bits per heavy atom. The third-order valence-corrected chi connectivity index (χ3v) is 4.69. The van der Waals surface area contributed by atoms with Crippen LogP contribution < -0.4 is 0 Å². The lowest BCUT2D eigenvalue weighted by molar-refractivity contribution is -0.384. The summed E-state index contributed by atoms with van der Waals surface area (Å²) in [6.07, 6.45) is 0. The molecular formula is C15H10BrN5O3S. The van der Waals surface area contributed by atoms with E-state index in [2.05, 4.69) is 31.5 Å². The molecule has 0 spiro atoms. The maximum Gasteiger partial charge on any atom is 0.269 e. The molecular weight excluding hydrogens is 410 g/mol. The molecule has 0 aliphatic carbocycles. The highest BCUT2D eigenvalue weighted by Crippen LogP contribution is 2.21. The minimum atomic E-state index is -0.505. The number of aromatic nitrogens is 4. The first-order valence-corrected chi connectivity index (χ1v) is 8.77. The van der Waals surface area contributed by atoms with Crippen molar-refractivity contribution in [3.8, 4) is 5.69 Å². The lowest BCUT2D eigenvalue weighted by atomic mass is 10.1. The summed E-state index contributed by atoms with van der Waals surface area (Å²) >= 11 is 4.56. The second kappa shape index (κ2) is 7.53. The van der Waals surface area contributed by atoms with Crippen LogP contribution in [0.5, 0.6) is 0 Å². The number of benzene rings is 2. The zero-order valence-corrected chi connectivity index (χ0v) is 15.0. The molecule has 1 heterocycles. The predicted octanol–water partition coefficient (Wildman–Crippen LogP) is 3.31. The van der Waals surface area contributed by atoms with Crippen molar-refractivity contribution in [2.75, 3.05) is 5.75 Å². The normalized spacial score (nSPS) is 10.6. The largest absolute Gasteiger partial charge is 0.293 e. The monoisotopic (exact) mass is 419 g/mol. The number of hydrogen-bond acceptors (Lipinski definition) is 7. The van der Waals surface area contributed by atoms with E-state index in [1.165, 1.54) is 36.0 Å². The lowest BCUT2D eigenvalue weighted by Crippen LogP contribution is -2.05. The van der Waals surface area contributed by atoms with Gasteiger partial charge >= 0.3 is 0 Å². The number of non-ortho nitro benzene ring substituents is 1. The summed E-state index contributed by atoms with van der Waals surface area (Å²) in [6, 6.07) is 12.9. The maximum atomic E-state index is 12.2. The van der Waals surface area contributed by atoms with Gasteiger partial charge in [0.25, 0.3) is 5.69 Å². The molecule has 10 heteroatoms. The van der Waals surface area contributed by atoms with Gasteiger partial charge in [0, 0.05) is 22.2 Å². The van der Waals surface area contributed by atoms with Crippen LogP contribution in [0.15, 0.2) is 58.2 Å². The maximum absolute atomic E-state index is 12.2. The first kappa shape index (κ1) is 17.2. The van der Waals surface area contributed by atoms with Crippen LogP contribution in [-0.4, -0.2) is 36.7 Å². The van der Waals surface area contributed by atoms with Crippen LogP contribution in [0.1, 0.15) is 10.4 Å². The van der Waals surface area contributed by atoms with Gasteiger partial charge in [-0.05, 0) is 46.8 Å². The molecule has 8 nitrogen and oxygen atoms in total. The van der Waals surface area contributed by atoms with E-state index in [0.29, 0.717) is 10.7 Å². The van der Waals surface area contributed by atoms with E-state index >= 15 is 0 Å². The molecule has 25 heavy (non-hydrogen) atoms. The number of nitro benzene ring substituents is 1. The molecule has 0 radical (unpaired) electrons. The van der Waals surface area contributed by atoms with Gasteiger partial charge in [-0.2, -0.15) is 4.68 Å². The highest BCUT2D eigenvalue weighted by atomic mass is 79.9. The van der Waals surface area contributed by atoms with Crippen molar-refractivity contribution in [2.45, 2.75) is 5.16 Å². The molecule has 3 aromatic rings. The van der Waals surface area contributed by atoms with Crippen molar-refractivity contribution >= 4 is 39.2 Å². The topological polar surface area (TPSA) is 104 Å². The Labute approximate surface area is 154 Å². The fourth-order valence-electron chi connectivity index (χ4n) is 2.00. The third kappa shape index (κ3) is 4.09. The fraction of sp³-hybridized carbons (Fsp3) is 0.0667. The molecule has 0 atom stereocenters. The van der Waals surface area contributed by atoms with Crippen LogP contribution in [0, 0.1) is 10.1 Å². The Morgan fingerprint density at radius 2 is 1.84 bits per heavy atom. The first-order chi connectivity index (χ1) is 12.0. The number of halogens is 1. The van der Waals surface area contributed by atoms with Crippen molar-refractivity contribution in [2.24, 2.45) is 0 Å². The molecule has 0 unspecified atom stereocenters. The number of hydrogen-bond donors (Lipinski definition) is 0. The van der Waals surface area contributed by atoms with Gasteiger partial charge in [-0.25, -0.2) is 0 Å². The Balaban J connectivity index is 1.70. The van der Waals surface area contributed by atoms with Crippen molar-refractivity contribution < 1.29 is 9.72 Å². The minimum absolute atomic E-state index is 0.0524. The van der Waals surface area contributed by atoms with E-state index in [0.717, 1.165) is 10.2 Å². The standard InChI is InChI=1S/C15H10BrN5O3S/c16-11-3-7-12(8-4-11)20-15(17-18-19-20)25-9-14(22)10-1-5-13(6-2-10)21(23)24/h1-8H,9H2. The molecule has 126 valence electrons. The molecule has 0 bridgehead atoms. The van der Waals surface area contributed by atoms with E-state index in [1.54, 1.807) is 4.68 Å². The minimum Gasteiger partial charge on any atom is -0.293 e. The van der Waals surface area contributed by atoms with Gasteiger partial charge in [-0.1, -0.05) is 27.7 Å². The molecule has 0 N–H and O–H groups in total. The second-order valence-electron chi connectivity index (χ2n) is 4.87. The average Bonchev–Trinajstić information content (AvgIpc) is 3.09. The van der Waals surface area contributed by atoms with Crippen LogP contribution in [0.25, 0.3) is 5.69 Å². The zero-order valence-electron chi connectivity index (χ0n) is 12.6. The summed E-state index contributed by atoms with van der Waals surface area (Å²) in [5.74, 6) is -0.0420. The Bertz CT molecular complexity index is 912. The van der Waals surface area contributed by atoms with Gasteiger partial charge in [0.05, 0.1) is 16.4 Å². The third-order valence-electron chi connectivity index (χ3n) is 3.24. The number of ketones is 1. The summed E-state index contributed by atoms with van der Waals surface area (Å²) in [5.41, 5.74) is 1.13. The zero-order chi connectivity index (χ0) is 17.8. The summed E-state index contributed by atoms with van der Waals surface area (Å²) < 4.78 is 2.48. The van der Waals surface area contributed by atoms with Crippen molar-refractivity contribution in [3.05, 3.63) is 68.7 Å². The van der Waals surface area contributed by atoms with Crippen LogP contribution in [0.2, 0.25) is 0 Å². The van der Waals surface area contributed by atoms with E-state index in [4.69, 9.17) is 0 Å². The fourth-order valence-corrected chi connectivity index (χ4v) is 3.05. The van der Waals surface area contributed by atoms with E-state index < -0.39 is 4.92 Å². The lowest BCUT2D eigenvalue weighted by Gasteiger charge is -2.04. The van der Waals surface area contributed by atoms with Gasteiger partial charge in [-0.15, -0.1) is 5.10 Å². The molecule has 3 rings (SSSR count). The summed E-state index contributed by atoms with van der Waals surface area (Å²) in [5, 5.41) is 22.6. The Hall–Kier alpha value is -2.59. The molecule has 0 aliphatic heterocycles. The van der Waals surface area contributed by atoms with Gasteiger partial charge < -0.3 is 0 Å². The number of nitro groups is 1. The van der Waals surface area contributed by atoms with Crippen LogP contribution >= 0.6 is 27.7 Å². The van der Waals surface area contributed by atoms with Gasteiger partial charge in [0.15, 0.2) is 5.78 Å². The summed E-state index contributed by atoms with van der Waals surface area (Å²) in [7, 11) is 0. The van der Waals surface area contributed by atoms with Gasteiger partial charge in [0.1, 0.15) is 0 Å². The van der Waals surface area contributed by atoms with E-state index in [9.17, 15) is 14.9 Å². The molecule has 0 saturated heterocycles. The van der Waals surface area contributed by atoms with Crippen molar-refractivity contribution in [1.29, 1.82) is 0 Å². The first-order valence-electron chi connectivity index (χ1n) is 6.99. The second-order valence-corrected chi connectivity index (χ2v) is 6.72. The summed E-state index contributed by atoms with van der Waals surface area (Å²) in [6.45, 7) is 0.